The Labute approximate surface area is 111 Å². The molecule has 1 fully saturated rings. The average Bonchev–Trinajstić information content (AvgIpc) is 2.92. The van der Waals surface area contributed by atoms with Crippen LogP contribution in [0.25, 0.3) is 0 Å². The van der Waals surface area contributed by atoms with Crippen LogP contribution in [0, 0.1) is 0 Å². The van der Waals surface area contributed by atoms with Crippen molar-refractivity contribution in [2.75, 3.05) is 5.75 Å². The molecule has 1 amide bonds. The summed E-state index contributed by atoms with van der Waals surface area (Å²) in [6.45, 7) is 2.19. The van der Waals surface area contributed by atoms with E-state index in [1.807, 2.05) is 29.3 Å². The van der Waals surface area contributed by atoms with Crippen LogP contribution in [0.2, 0.25) is 0 Å². The quantitative estimate of drug-likeness (QED) is 0.890. The summed E-state index contributed by atoms with van der Waals surface area (Å²) in [4.78, 5) is 13.1. The van der Waals surface area contributed by atoms with E-state index in [0.717, 1.165) is 17.1 Å². The molecule has 2 rings (SSSR count). The number of nitrogens with one attached hydrogen (secondary N) is 1. The average molecular weight is 269 g/mol. The molecule has 0 aromatic carbocycles. The zero-order chi connectivity index (χ0) is 12.1. The fraction of sp³-hybridized carbons (Fsp3) is 0.615. The van der Waals surface area contributed by atoms with Gasteiger partial charge in [0.15, 0.2) is 0 Å². The molecule has 17 heavy (non-hydrogen) atoms. The second kappa shape index (κ2) is 6.45. The normalized spacial score (nSPS) is 23.8. The third-order valence-electron chi connectivity index (χ3n) is 3.09. The van der Waals surface area contributed by atoms with E-state index in [2.05, 4.69) is 12.2 Å². The third kappa shape index (κ3) is 3.75. The van der Waals surface area contributed by atoms with Gasteiger partial charge in [0, 0.05) is 16.2 Å². The predicted molar refractivity (Wildman–Crippen MR) is 75.7 cm³/mol. The molecule has 0 radical (unpaired) electrons. The van der Waals surface area contributed by atoms with Crippen molar-refractivity contribution >= 4 is 29.0 Å². The lowest BCUT2D eigenvalue weighted by atomic mass is 10.2. The largest absolute Gasteiger partial charge is 0.352 e. The molecule has 1 aromatic heterocycles. The Morgan fingerprint density at radius 1 is 1.59 bits per heavy atom. The summed E-state index contributed by atoms with van der Waals surface area (Å²) in [5.41, 5.74) is 0. The number of hydrogen-bond donors (Lipinski definition) is 1. The van der Waals surface area contributed by atoms with Gasteiger partial charge in [-0.2, -0.15) is 11.8 Å². The van der Waals surface area contributed by atoms with Gasteiger partial charge in [0.1, 0.15) is 0 Å². The first-order valence-corrected chi connectivity index (χ1v) is 8.15. The van der Waals surface area contributed by atoms with Crippen molar-refractivity contribution in [3.05, 3.63) is 22.4 Å². The van der Waals surface area contributed by atoms with Crippen LogP contribution in [-0.2, 0) is 11.2 Å². The van der Waals surface area contributed by atoms with E-state index in [1.54, 1.807) is 11.3 Å². The van der Waals surface area contributed by atoms with Crippen LogP contribution in [0.15, 0.2) is 17.5 Å². The molecule has 94 valence electrons. The maximum absolute atomic E-state index is 11.9. The monoisotopic (exact) mass is 269 g/mol. The van der Waals surface area contributed by atoms with Gasteiger partial charge >= 0.3 is 0 Å². The summed E-state index contributed by atoms with van der Waals surface area (Å²) in [7, 11) is 0. The minimum atomic E-state index is 0.182. The fourth-order valence-electron chi connectivity index (χ4n) is 2.33. The van der Waals surface area contributed by atoms with E-state index in [4.69, 9.17) is 0 Å². The van der Waals surface area contributed by atoms with Crippen molar-refractivity contribution in [1.29, 1.82) is 0 Å². The molecular weight excluding hydrogens is 250 g/mol. The van der Waals surface area contributed by atoms with Crippen LogP contribution >= 0.6 is 23.1 Å². The van der Waals surface area contributed by atoms with Crippen molar-refractivity contribution < 1.29 is 4.79 Å². The van der Waals surface area contributed by atoms with Crippen molar-refractivity contribution in [3.8, 4) is 0 Å². The van der Waals surface area contributed by atoms with Crippen LogP contribution in [0.5, 0.6) is 0 Å². The molecule has 0 aliphatic heterocycles. The summed E-state index contributed by atoms with van der Waals surface area (Å²) in [5.74, 6) is 1.32. The van der Waals surface area contributed by atoms with E-state index < -0.39 is 0 Å². The van der Waals surface area contributed by atoms with E-state index in [-0.39, 0.29) is 5.91 Å². The molecule has 0 bridgehead atoms. The number of hydrogen-bond acceptors (Lipinski definition) is 3. The summed E-state index contributed by atoms with van der Waals surface area (Å²) in [5, 5.41) is 5.85. The zero-order valence-corrected chi connectivity index (χ0v) is 11.8. The summed E-state index contributed by atoms with van der Waals surface area (Å²) in [6, 6.07) is 4.42. The molecule has 0 spiro atoms. The molecule has 0 unspecified atom stereocenters. The first-order chi connectivity index (χ1) is 8.29. The van der Waals surface area contributed by atoms with Crippen LogP contribution in [0.3, 0.4) is 0 Å². The highest BCUT2D eigenvalue weighted by Gasteiger charge is 2.28. The molecule has 2 nitrogen and oxygen atoms in total. The maximum atomic E-state index is 11.9. The van der Waals surface area contributed by atoms with Gasteiger partial charge in [-0.25, -0.2) is 0 Å². The van der Waals surface area contributed by atoms with Crippen LogP contribution in [0.4, 0.5) is 0 Å². The van der Waals surface area contributed by atoms with Gasteiger partial charge in [0.25, 0.3) is 0 Å². The predicted octanol–water partition coefficient (Wildman–Crippen LogP) is 3.08. The molecule has 4 heteroatoms. The Bertz CT molecular complexity index is 350. The van der Waals surface area contributed by atoms with Gasteiger partial charge in [0.2, 0.25) is 5.91 Å². The highest BCUT2D eigenvalue weighted by Crippen LogP contribution is 2.29. The van der Waals surface area contributed by atoms with Gasteiger partial charge in [-0.3, -0.25) is 4.79 Å². The van der Waals surface area contributed by atoms with Crippen molar-refractivity contribution in [2.45, 2.75) is 43.9 Å². The van der Waals surface area contributed by atoms with E-state index in [1.165, 1.54) is 12.8 Å². The summed E-state index contributed by atoms with van der Waals surface area (Å²) >= 11 is 3.64. The number of thiophene rings is 1. The van der Waals surface area contributed by atoms with Gasteiger partial charge < -0.3 is 5.32 Å². The zero-order valence-electron chi connectivity index (χ0n) is 10.1. The Hall–Kier alpha value is -0.480. The van der Waals surface area contributed by atoms with Crippen molar-refractivity contribution in [3.63, 3.8) is 0 Å². The van der Waals surface area contributed by atoms with Gasteiger partial charge in [-0.15, -0.1) is 11.3 Å². The van der Waals surface area contributed by atoms with Crippen LogP contribution < -0.4 is 5.32 Å². The highest BCUT2D eigenvalue weighted by molar-refractivity contribution is 7.99. The minimum Gasteiger partial charge on any atom is -0.352 e. The molecule has 1 N–H and O–H groups in total. The molecule has 1 aliphatic rings. The molecule has 1 saturated carbocycles. The molecule has 1 aliphatic carbocycles. The van der Waals surface area contributed by atoms with E-state index in [0.29, 0.717) is 17.7 Å². The lowest BCUT2D eigenvalue weighted by Gasteiger charge is -2.19. The molecule has 1 heterocycles. The SMILES string of the molecule is CCS[C@@H]1CCC[C@@H]1NC(=O)Cc1cccs1. The Kier molecular flexibility index (Phi) is 4.92. The summed E-state index contributed by atoms with van der Waals surface area (Å²) < 4.78 is 0. The lowest BCUT2D eigenvalue weighted by molar-refractivity contribution is -0.121. The van der Waals surface area contributed by atoms with E-state index >= 15 is 0 Å². The molecule has 2 atom stereocenters. The van der Waals surface area contributed by atoms with E-state index in [9.17, 15) is 4.79 Å². The molecule has 0 saturated heterocycles. The Balaban J connectivity index is 1.81. The Morgan fingerprint density at radius 2 is 2.47 bits per heavy atom. The minimum absolute atomic E-state index is 0.182. The van der Waals surface area contributed by atoms with Gasteiger partial charge in [0.05, 0.1) is 6.42 Å². The number of carbonyl (C=O) groups is 1. The summed E-state index contributed by atoms with van der Waals surface area (Å²) in [6.07, 6.45) is 4.19. The first-order valence-electron chi connectivity index (χ1n) is 6.23. The number of rotatable bonds is 5. The molecular formula is C13H19NOS2. The number of thioether (sulfide) groups is 1. The van der Waals surface area contributed by atoms with Crippen molar-refractivity contribution in [2.24, 2.45) is 0 Å². The molecule has 1 aromatic rings. The third-order valence-corrected chi connectivity index (χ3v) is 5.30. The van der Waals surface area contributed by atoms with Gasteiger partial charge in [-0.1, -0.05) is 19.4 Å². The smallest absolute Gasteiger partial charge is 0.225 e. The van der Waals surface area contributed by atoms with Crippen molar-refractivity contribution in [1.82, 2.24) is 5.32 Å². The second-order valence-corrected chi connectivity index (χ2v) is 6.90. The number of amides is 1. The fourth-order valence-corrected chi connectivity index (χ4v) is 4.24. The van der Waals surface area contributed by atoms with Gasteiger partial charge in [-0.05, 0) is 30.0 Å². The van der Waals surface area contributed by atoms with Crippen LogP contribution in [-0.4, -0.2) is 23.0 Å². The first kappa shape index (κ1) is 13.0. The van der Waals surface area contributed by atoms with Crippen LogP contribution in [0.1, 0.15) is 31.1 Å². The second-order valence-electron chi connectivity index (χ2n) is 4.35. The lowest BCUT2D eigenvalue weighted by Crippen LogP contribution is -2.39. The maximum Gasteiger partial charge on any atom is 0.225 e. The topological polar surface area (TPSA) is 29.1 Å². The Morgan fingerprint density at radius 3 is 3.18 bits per heavy atom. The number of carbonyl (C=O) groups excluding carboxylic acids is 1. The standard InChI is InChI=1S/C13H19NOS2/c1-2-16-12-7-3-6-11(12)14-13(15)9-10-5-4-8-17-10/h4-5,8,11-12H,2-3,6-7,9H2,1H3,(H,14,15)/t11-,12+/m0/s1. The highest BCUT2D eigenvalue weighted by atomic mass is 32.2.